The minimum absolute atomic E-state index is 0.0324. The van der Waals surface area contributed by atoms with Crippen molar-refractivity contribution in [2.75, 3.05) is 5.75 Å². The second-order valence-corrected chi connectivity index (χ2v) is 15.8. The Labute approximate surface area is 263 Å². The van der Waals surface area contributed by atoms with Crippen molar-refractivity contribution >= 4 is 45.3 Å². The number of Topliss-reactive ketones (excluding diaryl/α,β-unsaturated/α-hetero) is 1. The first-order chi connectivity index (χ1) is 21.1. The molecule has 2 N–H and O–H groups in total. The third-order valence-electron chi connectivity index (χ3n) is 11.6. The average molecular weight is 631 g/mol. The van der Waals surface area contributed by atoms with E-state index >= 15 is 0 Å². The lowest BCUT2D eigenvalue weighted by atomic mass is 9.45. The fraction of sp³-hybridized carbons (Fsp3) is 0.471. The summed E-state index contributed by atoms with van der Waals surface area (Å²) in [6, 6.07) is 10.2. The average Bonchev–Trinajstić information content (AvgIpc) is 3.68. The van der Waals surface area contributed by atoms with Gasteiger partial charge in [-0.05, 0) is 110 Å². The summed E-state index contributed by atoms with van der Waals surface area (Å²) < 4.78 is 16.2. The number of allylic oxidation sites excluding steroid dienone is 1. The third-order valence-corrected chi connectivity index (χ3v) is 13.7. The van der Waals surface area contributed by atoms with Gasteiger partial charge < -0.3 is 10.2 Å². The minimum atomic E-state index is -1.47. The lowest BCUT2D eigenvalue weighted by molar-refractivity contribution is -0.177. The Bertz CT molecular complexity index is 1790. The number of pyridine rings is 1. The summed E-state index contributed by atoms with van der Waals surface area (Å²) in [5, 5.41) is 28.8. The Morgan fingerprint density at radius 2 is 2.02 bits per heavy atom. The highest BCUT2D eigenvalue weighted by Crippen LogP contribution is 2.67. The van der Waals surface area contributed by atoms with Gasteiger partial charge in [-0.15, -0.1) is 0 Å². The maximum Gasteiger partial charge on any atom is 0.175 e. The Morgan fingerprint density at radius 3 is 2.82 bits per heavy atom. The minimum Gasteiger partial charge on any atom is -0.393 e. The predicted molar refractivity (Wildman–Crippen MR) is 169 cm³/mol. The molecule has 3 saturated carbocycles. The van der Waals surface area contributed by atoms with Crippen LogP contribution in [0.25, 0.3) is 22.1 Å². The van der Waals surface area contributed by atoms with E-state index < -0.39 is 17.1 Å². The summed E-state index contributed by atoms with van der Waals surface area (Å²) >= 11 is 2.84. The Morgan fingerprint density at radius 1 is 1.20 bits per heavy atom. The van der Waals surface area contributed by atoms with Crippen LogP contribution >= 0.6 is 23.1 Å². The van der Waals surface area contributed by atoms with Gasteiger partial charge in [-0.2, -0.15) is 5.10 Å². The molecular formula is C34H35FN4O3S2. The van der Waals surface area contributed by atoms with E-state index in [1.54, 1.807) is 18.3 Å². The summed E-state index contributed by atoms with van der Waals surface area (Å²) in [5.41, 5.74) is 2.71. The summed E-state index contributed by atoms with van der Waals surface area (Å²) in [6.45, 7) is 4.34. The number of carbonyl (C=O) groups is 1. The van der Waals surface area contributed by atoms with E-state index in [2.05, 4.69) is 28.1 Å². The molecule has 10 heteroatoms. The molecule has 0 saturated heterocycles. The Kier molecular flexibility index (Phi) is 6.51. The molecule has 0 bridgehead atoms. The van der Waals surface area contributed by atoms with Crippen LogP contribution in [0.3, 0.4) is 0 Å². The molecule has 3 heterocycles. The van der Waals surface area contributed by atoms with Crippen molar-refractivity contribution in [3.05, 3.63) is 71.4 Å². The fourth-order valence-corrected chi connectivity index (χ4v) is 11.4. The van der Waals surface area contributed by atoms with Gasteiger partial charge in [0, 0.05) is 11.6 Å². The van der Waals surface area contributed by atoms with Gasteiger partial charge in [0.25, 0.3) is 0 Å². The number of hydrogen-bond acceptors (Lipinski definition) is 8. The van der Waals surface area contributed by atoms with Crippen LogP contribution in [0.1, 0.15) is 57.2 Å². The number of thioether (sulfide) groups is 1. The monoisotopic (exact) mass is 630 g/mol. The number of carbonyl (C=O) groups excluding carboxylic acids is 1. The molecule has 4 aromatic rings. The number of benzene rings is 1. The van der Waals surface area contributed by atoms with Crippen molar-refractivity contribution in [3.63, 3.8) is 0 Å². The maximum absolute atomic E-state index is 13.8. The number of hydrogen-bond donors (Lipinski definition) is 2. The molecule has 4 aliphatic carbocycles. The third kappa shape index (κ3) is 4.06. The van der Waals surface area contributed by atoms with E-state index in [0.717, 1.165) is 57.3 Å². The number of nitrogens with zero attached hydrogens (tertiary/aromatic N) is 4. The van der Waals surface area contributed by atoms with Crippen LogP contribution in [0.15, 0.2) is 58.7 Å². The summed E-state index contributed by atoms with van der Waals surface area (Å²) in [7, 11) is 0. The van der Waals surface area contributed by atoms with E-state index in [1.165, 1.54) is 40.8 Å². The molecule has 0 radical (unpaired) electrons. The molecule has 7 nitrogen and oxygen atoms in total. The number of aliphatic hydroxyl groups excluding tert-OH is 1. The Hall–Kier alpha value is -2.92. The molecule has 1 aromatic carbocycles. The molecule has 5 unspecified atom stereocenters. The highest BCUT2D eigenvalue weighted by Gasteiger charge is 2.68. The fourth-order valence-electron chi connectivity index (χ4n) is 9.49. The van der Waals surface area contributed by atoms with Crippen molar-refractivity contribution in [2.45, 2.75) is 68.4 Å². The normalized spacial score (nSPS) is 34.2. The van der Waals surface area contributed by atoms with Gasteiger partial charge in [0.1, 0.15) is 21.8 Å². The second kappa shape index (κ2) is 10.0. The van der Waals surface area contributed by atoms with Crippen LogP contribution in [0.2, 0.25) is 0 Å². The first-order valence-corrected chi connectivity index (χ1v) is 17.2. The molecule has 0 spiro atoms. The van der Waals surface area contributed by atoms with E-state index in [0.29, 0.717) is 12.8 Å². The maximum atomic E-state index is 13.8. The standard InChI is InChI=1S/C34H35FN4O3S2/c1-32-15-19-17-37-39(22-8-6-21(35)7-9-22)26(19)14-20(32)5-10-23-24-11-12-34(42,33(24,2)16-27(40)29(23)32)28(41)18-43-31-38-25-4-3-13-36-30(25)44-31/h3-4,6-9,13-14,17,23-24,27,29,40,42H,5,10-12,15-16,18H2,1-2H3/t23?,24?,27-,29?,32?,33?,34-/m0/s1. The zero-order valence-corrected chi connectivity index (χ0v) is 26.4. The van der Waals surface area contributed by atoms with E-state index in [4.69, 9.17) is 0 Å². The number of halogens is 1. The van der Waals surface area contributed by atoms with Gasteiger partial charge in [0.15, 0.2) is 10.1 Å². The lowest BCUT2D eigenvalue weighted by Gasteiger charge is -2.60. The number of rotatable bonds is 5. The summed E-state index contributed by atoms with van der Waals surface area (Å²) in [4.78, 5) is 23.6. The molecule has 0 aliphatic heterocycles. The van der Waals surface area contributed by atoms with Crippen LogP contribution in [0.4, 0.5) is 4.39 Å². The number of thiazole rings is 1. The van der Waals surface area contributed by atoms with E-state index in [-0.39, 0.29) is 40.5 Å². The van der Waals surface area contributed by atoms with Crippen molar-refractivity contribution in [3.8, 4) is 5.69 Å². The van der Waals surface area contributed by atoms with Crippen molar-refractivity contribution in [1.29, 1.82) is 0 Å². The van der Waals surface area contributed by atoms with Crippen molar-refractivity contribution in [2.24, 2.45) is 28.6 Å². The summed E-state index contributed by atoms with van der Waals surface area (Å²) in [5.74, 6) is 0.109. The topological polar surface area (TPSA) is 101 Å². The zero-order chi connectivity index (χ0) is 30.4. The van der Waals surface area contributed by atoms with Gasteiger partial charge in [-0.3, -0.25) is 4.79 Å². The molecule has 228 valence electrons. The van der Waals surface area contributed by atoms with Crippen LogP contribution in [-0.2, 0) is 11.2 Å². The predicted octanol–water partition coefficient (Wildman–Crippen LogP) is 6.26. The van der Waals surface area contributed by atoms with E-state index in [9.17, 15) is 19.4 Å². The molecule has 3 fully saturated rings. The largest absolute Gasteiger partial charge is 0.393 e. The molecule has 8 rings (SSSR count). The lowest BCUT2D eigenvalue weighted by Crippen LogP contribution is -2.62. The van der Waals surface area contributed by atoms with Crippen LogP contribution in [0, 0.1) is 34.4 Å². The van der Waals surface area contributed by atoms with Gasteiger partial charge >= 0.3 is 0 Å². The van der Waals surface area contributed by atoms with Crippen LogP contribution in [-0.4, -0.2) is 53.2 Å². The first kappa shape index (κ1) is 28.5. The second-order valence-electron chi connectivity index (χ2n) is 13.6. The number of aliphatic hydroxyl groups is 2. The van der Waals surface area contributed by atoms with E-state index in [1.807, 2.05) is 29.9 Å². The smallest absolute Gasteiger partial charge is 0.175 e. The SMILES string of the molecule is CC12Cc3cnn(-c4ccc(F)cc4)c3C=C1CCC1C2[C@@H](O)CC2(C)C1CC[C@]2(O)C(=O)CSc1nc2cccnc2s1. The Balaban J connectivity index is 1.05. The molecule has 0 amide bonds. The molecule has 7 atom stereocenters. The highest BCUT2D eigenvalue weighted by atomic mass is 32.2. The first-order valence-electron chi connectivity index (χ1n) is 15.4. The van der Waals surface area contributed by atoms with Crippen LogP contribution < -0.4 is 0 Å². The molecule has 3 aromatic heterocycles. The van der Waals surface area contributed by atoms with Crippen molar-refractivity contribution < 1.29 is 19.4 Å². The molecule has 4 aliphatic rings. The number of ketones is 1. The number of aromatic nitrogens is 4. The van der Waals surface area contributed by atoms with Gasteiger partial charge in [0.05, 0.1) is 29.4 Å². The number of fused-ring (bicyclic) bond motifs is 7. The molecular weight excluding hydrogens is 596 g/mol. The summed E-state index contributed by atoms with van der Waals surface area (Å²) in [6.07, 6.45) is 9.46. The zero-order valence-electron chi connectivity index (χ0n) is 24.7. The molecule has 44 heavy (non-hydrogen) atoms. The van der Waals surface area contributed by atoms with Crippen molar-refractivity contribution in [1.82, 2.24) is 19.7 Å². The quantitative estimate of drug-likeness (QED) is 0.251. The van der Waals surface area contributed by atoms with Gasteiger partial charge in [-0.1, -0.05) is 42.5 Å². The van der Waals surface area contributed by atoms with Gasteiger partial charge in [0.2, 0.25) is 0 Å². The van der Waals surface area contributed by atoms with Gasteiger partial charge in [-0.25, -0.2) is 19.0 Å². The van der Waals surface area contributed by atoms with Crippen LogP contribution in [0.5, 0.6) is 0 Å². The highest BCUT2D eigenvalue weighted by molar-refractivity contribution is 8.01.